The molecular weight excluding hydrogens is 122 g/mol. The smallest absolute Gasteiger partial charge is 0.00706 e. The van der Waals surface area contributed by atoms with Crippen molar-refractivity contribution >= 4 is 0 Å². The van der Waals surface area contributed by atoms with Gasteiger partial charge in [-0.3, -0.25) is 0 Å². The Morgan fingerprint density at radius 2 is 2.20 bits per heavy atom. The summed E-state index contributed by atoms with van der Waals surface area (Å²) < 4.78 is 0. The Kier molecular flexibility index (Phi) is 3.20. The van der Waals surface area contributed by atoms with Gasteiger partial charge in [-0.25, -0.2) is 0 Å². The van der Waals surface area contributed by atoms with Crippen molar-refractivity contribution in [3.63, 3.8) is 0 Å². The van der Waals surface area contributed by atoms with Crippen LogP contribution in [0.5, 0.6) is 0 Å². The summed E-state index contributed by atoms with van der Waals surface area (Å²) in [6.07, 6.45) is 6.89. The summed E-state index contributed by atoms with van der Waals surface area (Å²) in [7, 11) is 0. The van der Waals surface area contributed by atoms with Gasteiger partial charge in [-0.2, -0.15) is 0 Å². The van der Waals surface area contributed by atoms with Crippen molar-refractivity contribution in [3.8, 4) is 0 Å². The van der Waals surface area contributed by atoms with Crippen LogP contribution in [0, 0.1) is 0 Å². The number of hydrogen-bond donors (Lipinski definition) is 1. The highest BCUT2D eigenvalue weighted by atomic mass is 15.0. The molecule has 60 valence electrons. The first-order valence-corrected chi connectivity index (χ1v) is 4.59. The van der Waals surface area contributed by atoms with Gasteiger partial charge in [0.15, 0.2) is 0 Å². The molecule has 0 heterocycles. The molecule has 0 aliphatic heterocycles. The lowest BCUT2D eigenvalue weighted by atomic mass is 10.1. The van der Waals surface area contributed by atoms with Crippen LogP contribution in [0.4, 0.5) is 0 Å². The fraction of sp³-hybridized carbons (Fsp3) is 1.00. The van der Waals surface area contributed by atoms with Crippen molar-refractivity contribution in [2.75, 3.05) is 0 Å². The van der Waals surface area contributed by atoms with Crippen molar-refractivity contribution in [1.82, 2.24) is 5.32 Å². The van der Waals surface area contributed by atoms with Crippen LogP contribution in [-0.2, 0) is 0 Å². The van der Waals surface area contributed by atoms with Crippen LogP contribution in [0.3, 0.4) is 0 Å². The Morgan fingerprint density at radius 1 is 1.50 bits per heavy atom. The maximum atomic E-state index is 3.59. The van der Waals surface area contributed by atoms with Gasteiger partial charge in [-0.15, -0.1) is 0 Å². The summed E-state index contributed by atoms with van der Waals surface area (Å²) in [5.41, 5.74) is 0. The molecule has 1 heteroatoms. The normalized spacial score (nSPS) is 21.0. The van der Waals surface area contributed by atoms with Crippen LogP contribution in [0.15, 0.2) is 0 Å². The third-order valence-corrected chi connectivity index (χ3v) is 2.09. The first-order valence-electron chi connectivity index (χ1n) is 4.59. The Morgan fingerprint density at radius 3 is 2.70 bits per heavy atom. The Balaban J connectivity index is 1.91. The fourth-order valence-electron chi connectivity index (χ4n) is 1.25. The molecule has 0 bridgehead atoms. The summed E-state index contributed by atoms with van der Waals surface area (Å²) in [6.45, 7) is 4.55. The largest absolute Gasteiger partial charge is 0.312 e. The van der Waals surface area contributed by atoms with Crippen LogP contribution in [0.1, 0.15) is 46.0 Å². The molecule has 0 aromatic heterocycles. The quantitative estimate of drug-likeness (QED) is 0.619. The molecule has 0 aromatic rings. The Bertz CT molecular complexity index is 86.7. The lowest BCUT2D eigenvalue weighted by Crippen LogP contribution is -2.27. The summed E-state index contributed by atoms with van der Waals surface area (Å²) in [5, 5.41) is 3.59. The molecule has 1 aliphatic carbocycles. The van der Waals surface area contributed by atoms with Crippen LogP contribution in [0.2, 0.25) is 0 Å². The molecule has 0 amide bonds. The van der Waals surface area contributed by atoms with E-state index in [2.05, 4.69) is 19.2 Å². The molecule has 1 unspecified atom stereocenters. The number of unbranched alkanes of at least 4 members (excludes halogenated alkanes) is 1. The molecule has 1 atom stereocenters. The minimum absolute atomic E-state index is 0.757. The van der Waals surface area contributed by atoms with E-state index in [4.69, 9.17) is 0 Å². The molecule has 1 nitrogen and oxygen atoms in total. The topological polar surface area (TPSA) is 12.0 Å². The maximum Gasteiger partial charge on any atom is 0.00706 e. The lowest BCUT2D eigenvalue weighted by Gasteiger charge is -2.11. The van der Waals surface area contributed by atoms with E-state index in [0.29, 0.717) is 0 Å². The van der Waals surface area contributed by atoms with E-state index in [1.54, 1.807) is 0 Å². The molecule has 10 heavy (non-hydrogen) atoms. The number of hydrogen-bond acceptors (Lipinski definition) is 1. The van der Waals surface area contributed by atoms with Gasteiger partial charge in [0.2, 0.25) is 0 Å². The van der Waals surface area contributed by atoms with E-state index < -0.39 is 0 Å². The van der Waals surface area contributed by atoms with Gasteiger partial charge >= 0.3 is 0 Å². The van der Waals surface area contributed by atoms with E-state index in [1.807, 2.05) is 0 Å². The maximum absolute atomic E-state index is 3.59. The van der Waals surface area contributed by atoms with Gasteiger partial charge in [0, 0.05) is 12.1 Å². The number of nitrogens with one attached hydrogen (secondary N) is 1. The van der Waals surface area contributed by atoms with E-state index in [9.17, 15) is 0 Å². The summed E-state index contributed by atoms with van der Waals surface area (Å²) in [5.74, 6) is 0. The van der Waals surface area contributed by atoms with Crippen LogP contribution in [-0.4, -0.2) is 12.1 Å². The van der Waals surface area contributed by atoms with E-state index in [-0.39, 0.29) is 0 Å². The molecule has 1 fully saturated rings. The van der Waals surface area contributed by atoms with Crippen molar-refractivity contribution in [2.24, 2.45) is 0 Å². The van der Waals surface area contributed by atoms with E-state index >= 15 is 0 Å². The second kappa shape index (κ2) is 3.97. The van der Waals surface area contributed by atoms with Crippen molar-refractivity contribution in [2.45, 2.75) is 58.0 Å². The van der Waals surface area contributed by atoms with Gasteiger partial charge in [-0.1, -0.05) is 19.8 Å². The zero-order chi connectivity index (χ0) is 7.40. The second-order valence-electron chi connectivity index (χ2n) is 3.48. The highest BCUT2D eigenvalue weighted by Gasteiger charge is 2.21. The minimum Gasteiger partial charge on any atom is -0.312 e. The molecule has 1 aliphatic rings. The van der Waals surface area contributed by atoms with Crippen LogP contribution < -0.4 is 5.32 Å². The fourth-order valence-corrected chi connectivity index (χ4v) is 1.25. The molecule has 0 aromatic carbocycles. The van der Waals surface area contributed by atoms with Gasteiger partial charge in [0.1, 0.15) is 0 Å². The highest BCUT2D eigenvalue weighted by Crippen LogP contribution is 2.20. The first kappa shape index (κ1) is 8.06. The van der Waals surface area contributed by atoms with Gasteiger partial charge < -0.3 is 5.32 Å². The van der Waals surface area contributed by atoms with Crippen molar-refractivity contribution < 1.29 is 0 Å². The van der Waals surface area contributed by atoms with Gasteiger partial charge in [0.05, 0.1) is 0 Å². The third kappa shape index (κ3) is 3.21. The van der Waals surface area contributed by atoms with Gasteiger partial charge in [-0.05, 0) is 26.2 Å². The minimum atomic E-state index is 0.757. The Labute approximate surface area is 64.2 Å². The molecule has 1 rings (SSSR count). The first-order chi connectivity index (χ1) is 4.83. The van der Waals surface area contributed by atoms with Crippen LogP contribution >= 0.6 is 0 Å². The highest BCUT2D eigenvalue weighted by molar-refractivity contribution is 4.83. The predicted octanol–water partition coefficient (Wildman–Crippen LogP) is 2.32. The molecular formula is C9H19N. The van der Waals surface area contributed by atoms with E-state index in [1.165, 1.54) is 32.1 Å². The molecule has 0 saturated heterocycles. The van der Waals surface area contributed by atoms with Gasteiger partial charge in [0.25, 0.3) is 0 Å². The lowest BCUT2D eigenvalue weighted by molar-refractivity contribution is 0.493. The molecule has 1 N–H and O–H groups in total. The summed E-state index contributed by atoms with van der Waals surface area (Å²) in [6, 6.07) is 1.64. The summed E-state index contributed by atoms with van der Waals surface area (Å²) in [4.78, 5) is 0. The van der Waals surface area contributed by atoms with Crippen LogP contribution in [0.25, 0.3) is 0 Å². The average Bonchev–Trinajstić information content (AvgIpc) is 2.67. The second-order valence-corrected chi connectivity index (χ2v) is 3.48. The van der Waals surface area contributed by atoms with E-state index in [0.717, 1.165) is 12.1 Å². The molecule has 0 spiro atoms. The van der Waals surface area contributed by atoms with Crippen molar-refractivity contribution in [3.05, 3.63) is 0 Å². The number of rotatable bonds is 5. The zero-order valence-electron chi connectivity index (χ0n) is 7.19. The Hall–Kier alpha value is -0.0400. The molecule has 0 radical (unpaired) electrons. The SMILES string of the molecule is CCCCC(C)NC1CC1. The monoisotopic (exact) mass is 141 g/mol. The third-order valence-electron chi connectivity index (χ3n) is 2.09. The van der Waals surface area contributed by atoms with Crippen molar-refractivity contribution in [1.29, 1.82) is 0 Å². The standard InChI is InChI=1S/C9H19N/c1-3-4-5-8(2)10-9-6-7-9/h8-10H,3-7H2,1-2H3. The summed E-state index contributed by atoms with van der Waals surface area (Å²) >= 11 is 0. The average molecular weight is 141 g/mol. The zero-order valence-corrected chi connectivity index (χ0v) is 7.19. The molecule has 1 saturated carbocycles. The predicted molar refractivity (Wildman–Crippen MR) is 45.1 cm³/mol.